The molecular weight excluding hydrogens is 496 g/mol. The van der Waals surface area contributed by atoms with E-state index in [4.69, 9.17) is 22.9 Å². The minimum Gasteiger partial charge on any atom is -0.382 e. The Hall–Kier alpha value is -3.66. The number of hydrogen-bond donors (Lipinski definition) is 3. The average molecular weight is 524 g/mol. The van der Waals surface area contributed by atoms with Crippen molar-refractivity contribution >= 4 is 27.7 Å². The second kappa shape index (κ2) is 9.33. The molecule has 1 aliphatic heterocycles. The first-order valence-electron chi connectivity index (χ1n) is 11.8. The number of halogens is 2. The highest BCUT2D eigenvalue weighted by molar-refractivity contribution is 7.18. The molecule has 0 bridgehead atoms. The Kier molecular flexibility index (Phi) is 6.31. The lowest BCUT2D eigenvalue weighted by Gasteiger charge is -2.41. The number of nitrogens with two attached hydrogens (primary N) is 2. The number of anilines is 2. The number of hydrogen-bond acceptors (Lipinski definition) is 9. The summed E-state index contributed by atoms with van der Waals surface area (Å²) in [5.41, 5.74) is 14.0. The van der Waals surface area contributed by atoms with E-state index < -0.39 is 11.6 Å². The third-order valence-corrected chi connectivity index (χ3v) is 7.53. The fourth-order valence-electron chi connectivity index (χ4n) is 4.35. The molecule has 0 saturated carbocycles. The van der Waals surface area contributed by atoms with E-state index in [0.29, 0.717) is 28.8 Å². The highest BCUT2D eigenvalue weighted by Gasteiger charge is 2.49. The molecule has 0 aliphatic carbocycles. The molecule has 192 valence electrons. The predicted octanol–water partition coefficient (Wildman–Crippen LogP) is 3.57. The third-order valence-electron chi connectivity index (χ3n) is 6.51. The molecule has 9 nitrogen and oxygen atoms in total. The van der Waals surface area contributed by atoms with Crippen LogP contribution in [-0.2, 0) is 0 Å². The van der Waals surface area contributed by atoms with Gasteiger partial charge >= 0.3 is 6.05 Å². The number of nitrogens with zero attached hydrogens (tertiary/aromatic N) is 6. The van der Waals surface area contributed by atoms with E-state index in [1.54, 1.807) is 16.9 Å². The van der Waals surface area contributed by atoms with Crippen LogP contribution in [0.1, 0.15) is 32.3 Å². The van der Waals surface area contributed by atoms with E-state index in [-0.39, 0.29) is 18.9 Å². The lowest BCUT2D eigenvalue weighted by atomic mass is 9.86. The SMILES string of the molecule is C#Cc1cnn2c(-c3cc(NC(C)C)c(-c4nnc(N5CCC(N)(C(N)(F)F)CC5)s4)cn3)ccc2c1. The Morgan fingerprint density at radius 3 is 2.62 bits per heavy atom. The molecule has 1 aliphatic rings. The molecule has 37 heavy (non-hydrogen) atoms. The Balaban J connectivity index is 1.44. The van der Waals surface area contributed by atoms with Crippen LogP contribution in [0.5, 0.6) is 0 Å². The summed E-state index contributed by atoms with van der Waals surface area (Å²) < 4.78 is 29.3. The molecule has 0 amide bonds. The molecule has 5 N–H and O–H groups in total. The zero-order valence-corrected chi connectivity index (χ0v) is 21.3. The quantitative estimate of drug-likeness (QED) is 0.259. The summed E-state index contributed by atoms with van der Waals surface area (Å²) in [4.78, 5) is 6.61. The van der Waals surface area contributed by atoms with Crippen LogP contribution in [0.2, 0.25) is 0 Å². The Morgan fingerprint density at radius 1 is 1.19 bits per heavy atom. The Labute approximate surface area is 216 Å². The molecule has 0 radical (unpaired) electrons. The van der Waals surface area contributed by atoms with Crippen LogP contribution in [0, 0.1) is 12.3 Å². The maximum Gasteiger partial charge on any atom is 0.317 e. The average Bonchev–Trinajstić information content (AvgIpc) is 3.50. The topological polar surface area (TPSA) is 123 Å². The predicted molar refractivity (Wildman–Crippen MR) is 142 cm³/mol. The normalized spacial score (nSPS) is 15.8. The monoisotopic (exact) mass is 523 g/mol. The number of nitrogens with one attached hydrogen (secondary N) is 1. The molecule has 12 heteroatoms. The van der Waals surface area contributed by atoms with Gasteiger partial charge in [0.25, 0.3) is 0 Å². The van der Waals surface area contributed by atoms with Gasteiger partial charge in [0.15, 0.2) is 5.01 Å². The first-order valence-corrected chi connectivity index (χ1v) is 12.7. The zero-order valence-electron chi connectivity index (χ0n) is 20.4. The highest BCUT2D eigenvalue weighted by Crippen LogP contribution is 2.38. The van der Waals surface area contributed by atoms with Crippen LogP contribution in [0.3, 0.4) is 0 Å². The Bertz CT molecular complexity index is 1470. The van der Waals surface area contributed by atoms with Gasteiger partial charge in [-0.05, 0) is 51.0 Å². The summed E-state index contributed by atoms with van der Waals surface area (Å²) in [6, 6.07) is 4.47. The van der Waals surface area contributed by atoms with Gasteiger partial charge in [-0.3, -0.25) is 10.7 Å². The maximum atomic E-state index is 13.7. The number of fused-ring (bicyclic) bond motifs is 1. The summed E-state index contributed by atoms with van der Waals surface area (Å²) in [7, 11) is 0. The van der Waals surface area contributed by atoms with Crippen molar-refractivity contribution in [3.8, 4) is 34.3 Å². The molecule has 1 saturated heterocycles. The second-order valence-corrected chi connectivity index (χ2v) is 10.5. The largest absolute Gasteiger partial charge is 0.382 e. The maximum absolute atomic E-state index is 13.7. The van der Waals surface area contributed by atoms with E-state index in [1.807, 2.05) is 43.0 Å². The smallest absolute Gasteiger partial charge is 0.317 e. The van der Waals surface area contributed by atoms with E-state index in [9.17, 15) is 8.78 Å². The molecule has 0 spiro atoms. The number of terminal acetylenes is 1. The lowest BCUT2D eigenvalue weighted by Crippen LogP contribution is -2.65. The van der Waals surface area contributed by atoms with Crippen LogP contribution in [-0.4, -0.2) is 55.5 Å². The van der Waals surface area contributed by atoms with Crippen LogP contribution in [0.15, 0.2) is 36.7 Å². The van der Waals surface area contributed by atoms with Crippen molar-refractivity contribution in [3.63, 3.8) is 0 Å². The van der Waals surface area contributed by atoms with E-state index in [2.05, 4.69) is 26.5 Å². The van der Waals surface area contributed by atoms with Crippen LogP contribution in [0.4, 0.5) is 19.6 Å². The van der Waals surface area contributed by atoms with E-state index in [0.717, 1.165) is 28.2 Å². The molecular formula is C25H27F2N9S. The standard InChI is InChI=1S/C25H27F2N9S/c1-4-16-11-17-5-6-21(36(17)31-13-16)20-12-19(32-15(2)3)18(14-30-20)22-33-34-23(37-22)35-9-7-24(28,8-10-35)25(26,27)29/h1,5-6,11-15H,7-10,28-29H2,2-3H3,(H,30,32). The van der Waals surface area contributed by atoms with Gasteiger partial charge in [-0.25, -0.2) is 4.52 Å². The summed E-state index contributed by atoms with van der Waals surface area (Å²) in [6.07, 6.45) is 9.02. The highest BCUT2D eigenvalue weighted by atomic mass is 32.1. The van der Waals surface area contributed by atoms with Gasteiger partial charge in [0.1, 0.15) is 0 Å². The molecule has 4 aromatic heterocycles. The first-order chi connectivity index (χ1) is 17.6. The van der Waals surface area contributed by atoms with Gasteiger partial charge in [0, 0.05) is 36.6 Å². The van der Waals surface area contributed by atoms with Crippen molar-refractivity contribution < 1.29 is 8.78 Å². The number of rotatable bonds is 6. The van der Waals surface area contributed by atoms with E-state index >= 15 is 0 Å². The summed E-state index contributed by atoms with van der Waals surface area (Å²) in [5.74, 6) is 2.60. The fourth-order valence-corrected chi connectivity index (χ4v) is 5.27. The molecule has 1 fully saturated rings. The summed E-state index contributed by atoms with van der Waals surface area (Å²) >= 11 is 1.38. The van der Waals surface area contributed by atoms with Gasteiger partial charge in [-0.1, -0.05) is 17.3 Å². The molecule has 0 unspecified atom stereocenters. The minimum absolute atomic E-state index is 0.0595. The first kappa shape index (κ1) is 25.0. The van der Waals surface area contributed by atoms with Gasteiger partial charge in [-0.2, -0.15) is 13.9 Å². The van der Waals surface area contributed by atoms with Crippen molar-refractivity contribution in [2.45, 2.75) is 44.3 Å². The molecule has 0 atom stereocenters. The minimum atomic E-state index is -3.43. The summed E-state index contributed by atoms with van der Waals surface area (Å²) in [5, 5.41) is 18.0. The second-order valence-electron chi connectivity index (χ2n) is 9.51. The van der Waals surface area contributed by atoms with Gasteiger partial charge in [-0.15, -0.1) is 16.6 Å². The third kappa shape index (κ3) is 4.73. The van der Waals surface area contributed by atoms with Crippen LogP contribution >= 0.6 is 11.3 Å². The van der Waals surface area contributed by atoms with E-state index in [1.165, 1.54) is 11.3 Å². The van der Waals surface area contributed by atoms with Gasteiger partial charge in [0.05, 0.1) is 34.2 Å². The number of aromatic nitrogens is 5. The number of pyridine rings is 1. The van der Waals surface area contributed by atoms with Crippen molar-refractivity contribution in [1.82, 2.24) is 24.8 Å². The molecule has 0 aromatic carbocycles. The number of alkyl halides is 2. The molecule has 4 aromatic rings. The zero-order chi connectivity index (χ0) is 26.4. The summed E-state index contributed by atoms with van der Waals surface area (Å²) in [6.45, 7) is 4.74. The number of piperidine rings is 1. The van der Waals surface area contributed by atoms with Crippen molar-refractivity contribution in [3.05, 3.63) is 42.2 Å². The van der Waals surface area contributed by atoms with Gasteiger partial charge < -0.3 is 16.0 Å². The van der Waals surface area contributed by atoms with Crippen LogP contribution in [0.25, 0.3) is 27.5 Å². The van der Waals surface area contributed by atoms with Gasteiger partial charge in [0.2, 0.25) is 5.13 Å². The van der Waals surface area contributed by atoms with Crippen LogP contribution < -0.4 is 21.7 Å². The lowest BCUT2D eigenvalue weighted by molar-refractivity contribution is -0.0780. The molecule has 5 heterocycles. The van der Waals surface area contributed by atoms with Crippen molar-refractivity contribution in [2.24, 2.45) is 11.5 Å². The fraction of sp³-hybridized carbons (Fsp3) is 0.360. The Morgan fingerprint density at radius 2 is 1.95 bits per heavy atom. The van der Waals surface area contributed by atoms with Crippen molar-refractivity contribution in [2.75, 3.05) is 23.3 Å². The molecule has 5 rings (SSSR count). The van der Waals surface area contributed by atoms with Crippen molar-refractivity contribution in [1.29, 1.82) is 0 Å².